The van der Waals surface area contributed by atoms with Gasteiger partial charge in [0.05, 0.1) is 6.61 Å². The lowest BCUT2D eigenvalue weighted by atomic mass is 9.73. The Balaban J connectivity index is 1.76. The van der Waals surface area contributed by atoms with Gasteiger partial charge in [0, 0.05) is 50.7 Å². The lowest BCUT2D eigenvalue weighted by molar-refractivity contribution is -0.139. The number of piperidine rings is 2. The average Bonchev–Trinajstić information content (AvgIpc) is 2.65. The van der Waals surface area contributed by atoms with Crippen molar-refractivity contribution in [3.63, 3.8) is 0 Å². The normalized spacial score (nSPS) is 23.2. The molecule has 0 aliphatic carbocycles. The van der Waals surface area contributed by atoms with Gasteiger partial charge in [-0.25, -0.2) is 0 Å². The molecule has 2 fully saturated rings. The van der Waals surface area contributed by atoms with E-state index in [2.05, 4.69) is 19.9 Å². The van der Waals surface area contributed by atoms with Crippen molar-refractivity contribution in [1.29, 1.82) is 0 Å². The Labute approximate surface area is 162 Å². The molecule has 2 amide bonds. The molecule has 5 heteroatoms. The average molecular weight is 373 g/mol. The molecule has 0 radical (unpaired) electrons. The van der Waals surface area contributed by atoms with E-state index in [1.54, 1.807) is 7.11 Å². The largest absolute Gasteiger partial charge is 0.383 e. The molecule has 148 valence electrons. The highest BCUT2D eigenvalue weighted by atomic mass is 16.5. The third kappa shape index (κ3) is 4.18. The van der Waals surface area contributed by atoms with Crippen LogP contribution < -0.4 is 0 Å². The molecule has 0 N–H and O–H groups in total. The van der Waals surface area contributed by atoms with E-state index in [0.717, 1.165) is 55.6 Å². The van der Waals surface area contributed by atoms with Crippen molar-refractivity contribution in [2.45, 2.75) is 46.5 Å². The van der Waals surface area contributed by atoms with E-state index in [-0.39, 0.29) is 17.2 Å². The van der Waals surface area contributed by atoms with Crippen molar-refractivity contribution in [2.75, 3.05) is 39.9 Å². The Hall–Kier alpha value is -1.88. The topological polar surface area (TPSA) is 49.9 Å². The highest BCUT2D eigenvalue weighted by molar-refractivity contribution is 5.96. The number of ether oxygens (including phenoxy) is 1. The van der Waals surface area contributed by atoms with Crippen molar-refractivity contribution in [1.82, 2.24) is 9.80 Å². The molecule has 5 nitrogen and oxygen atoms in total. The maximum absolute atomic E-state index is 13.3. The quantitative estimate of drug-likeness (QED) is 0.816. The summed E-state index contributed by atoms with van der Waals surface area (Å²) in [5.74, 6) is 0.348. The van der Waals surface area contributed by atoms with Crippen molar-refractivity contribution in [3.8, 4) is 0 Å². The standard InChI is InChI=1S/C22H32N2O3/c1-16-12-18(3)19(13-17(16)2)21(26)24-9-5-7-22(15-24)8-6-20(25)23(14-22)10-11-27-4/h12-13H,5-11,14-15H2,1-4H3. The minimum atomic E-state index is 0.0310. The van der Waals surface area contributed by atoms with E-state index in [1.807, 2.05) is 22.8 Å². The van der Waals surface area contributed by atoms with Crippen LogP contribution in [0, 0.1) is 26.2 Å². The number of carbonyl (C=O) groups excluding carboxylic acids is 2. The van der Waals surface area contributed by atoms with Crippen molar-refractivity contribution in [2.24, 2.45) is 5.41 Å². The first-order valence-corrected chi connectivity index (χ1v) is 9.99. The van der Waals surface area contributed by atoms with Gasteiger partial charge < -0.3 is 14.5 Å². The van der Waals surface area contributed by atoms with Crippen molar-refractivity contribution < 1.29 is 14.3 Å². The number of rotatable bonds is 4. The van der Waals surface area contributed by atoms with Gasteiger partial charge in [-0.1, -0.05) is 6.07 Å². The smallest absolute Gasteiger partial charge is 0.254 e. The van der Waals surface area contributed by atoms with E-state index in [9.17, 15) is 9.59 Å². The number of aryl methyl sites for hydroxylation is 3. The fraction of sp³-hybridized carbons (Fsp3) is 0.636. The molecule has 2 heterocycles. The van der Waals surface area contributed by atoms with E-state index in [4.69, 9.17) is 4.74 Å². The number of carbonyl (C=O) groups is 2. The fourth-order valence-electron chi connectivity index (χ4n) is 4.58. The maximum atomic E-state index is 13.3. The molecule has 1 spiro atoms. The predicted octanol–water partition coefficient (Wildman–Crippen LogP) is 3.10. The lowest BCUT2D eigenvalue weighted by Gasteiger charge is -2.48. The van der Waals surface area contributed by atoms with Crippen LogP contribution in [0.1, 0.15) is 52.7 Å². The zero-order valence-electron chi connectivity index (χ0n) is 17.1. The number of methoxy groups -OCH3 is 1. The molecule has 0 saturated carbocycles. The monoisotopic (exact) mass is 372 g/mol. The summed E-state index contributed by atoms with van der Waals surface area (Å²) in [6.07, 6.45) is 3.54. The molecular formula is C22H32N2O3. The molecule has 0 aromatic heterocycles. The summed E-state index contributed by atoms with van der Waals surface area (Å²) in [4.78, 5) is 29.5. The molecule has 1 atom stereocenters. The molecule has 1 unspecified atom stereocenters. The summed E-state index contributed by atoms with van der Waals surface area (Å²) in [7, 11) is 1.66. The van der Waals surface area contributed by atoms with Crippen LogP contribution in [0.4, 0.5) is 0 Å². The molecule has 2 aliphatic heterocycles. The highest BCUT2D eigenvalue weighted by Crippen LogP contribution is 2.39. The highest BCUT2D eigenvalue weighted by Gasteiger charge is 2.42. The molecule has 2 saturated heterocycles. The zero-order valence-corrected chi connectivity index (χ0v) is 17.1. The van der Waals surface area contributed by atoms with Gasteiger partial charge in [0.25, 0.3) is 5.91 Å². The minimum Gasteiger partial charge on any atom is -0.383 e. The lowest BCUT2D eigenvalue weighted by Crippen LogP contribution is -2.55. The second-order valence-electron chi connectivity index (χ2n) is 8.39. The van der Waals surface area contributed by atoms with Crippen LogP contribution >= 0.6 is 0 Å². The first-order chi connectivity index (χ1) is 12.8. The Morgan fingerprint density at radius 1 is 1.11 bits per heavy atom. The number of benzene rings is 1. The third-order valence-corrected chi connectivity index (χ3v) is 6.33. The summed E-state index contributed by atoms with van der Waals surface area (Å²) < 4.78 is 5.16. The van der Waals surface area contributed by atoms with Crippen LogP contribution in [0.15, 0.2) is 12.1 Å². The molecule has 3 rings (SSSR count). The number of nitrogens with zero attached hydrogens (tertiary/aromatic N) is 2. The van der Waals surface area contributed by atoms with Gasteiger partial charge in [0.1, 0.15) is 0 Å². The van der Waals surface area contributed by atoms with Gasteiger partial charge in [0.15, 0.2) is 0 Å². The van der Waals surface area contributed by atoms with Crippen molar-refractivity contribution in [3.05, 3.63) is 34.4 Å². The van der Waals surface area contributed by atoms with Gasteiger partial charge in [-0.15, -0.1) is 0 Å². The zero-order chi connectivity index (χ0) is 19.6. The van der Waals surface area contributed by atoms with Gasteiger partial charge in [-0.05, 0) is 62.8 Å². The fourth-order valence-corrected chi connectivity index (χ4v) is 4.58. The molecule has 27 heavy (non-hydrogen) atoms. The van der Waals surface area contributed by atoms with Crippen LogP contribution in [0.25, 0.3) is 0 Å². The second kappa shape index (κ2) is 8.01. The van der Waals surface area contributed by atoms with E-state index >= 15 is 0 Å². The maximum Gasteiger partial charge on any atom is 0.254 e. The van der Waals surface area contributed by atoms with Crippen LogP contribution in [0.2, 0.25) is 0 Å². The summed E-state index contributed by atoms with van der Waals surface area (Å²) in [5.41, 5.74) is 4.27. The molecule has 1 aromatic carbocycles. The SMILES string of the molecule is COCCN1CC2(CCCN(C(=O)c3cc(C)c(C)cc3C)C2)CCC1=O. The number of hydrogen-bond acceptors (Lipinski definition) is 3. The van der Waals surface area contributed by atoms with E-state index in [1.165, 1.54) is 5.56 Å². The van der Waals surface area contributed by atoms with Gasteiger partial charge in [-0.2, -0.15) is 0 Å². The molecule has 2 aliphatic rings. The van der Waals surface area contributed by atoms with E-state index in [0.29, 0.717) is 19.6 Å². The summed E-state index contributed by atoms with van der Waals surface area (Å²) in [6.45, 7) is 9.65. The molecule has 0 bridgehead atoms. The number of likely N-dealkylation sites (tertiary alicyclic amines) is 2. The van der Waals surface area contributed by atoms with Crippen molar-refractivity contribution >= 4 is 11.8 Å². The van der Waals surface area contributed by atoms with E-state index < -0.39 is 0 Å². The van der Waals surface area contributed by atoms with Crippen LogP contribution in [0.5, 0.6) is 0 Å². The summed E-state index contributed by atoms with van der Waals surface area (Å²) in [5, 5.41) is 0. The van der Waals surface area contributed by atoms with Gasteiger partial charge in [0.2, 0.25) is 5.91 Å². The second-order valence-corrected chi connectivity index (χ2v) is 8.39. The number of amides is 2. The van der Waals surface area contributed by atoms with Crippen LogP contribution in [0.3, 0.4) is 0 Å². The molecular weight excluding hydrogens is 340 g/mol. The summed E-state index contributed by atoms with van der Waals surface area (Å²) >= 11 is 0. The Bertz CT molecular complexity index is 731. The Morgan fingerprint density at radius 3 is 2.59 bits per heavy atom. The van der Waals surface area contributed by atoms with Crippen LogP contribution in [-0.2, 0) is 9.53 Å². The van der Waals surface area contributed by atoms with Gasteiger partial charge >= 0.3 is 0 Å². The van der Waals surface area contributed by atoms with Crippen LogP contribution in [-0.4, -0.2) is 61.5 Å². The van der Waals surface area contributed by atoms with Gasteiger partial charge in [-0.3, -0.25) is 9.59 Å². The Morgan fingerprint density at radius 2 is 1.85 bits per heavy atom. The summed E-state index contributed by atoms with van der Waals surface area (Å²) in [6, 6.07) is 4.14. The predicted molar refractivity (Wildman–Crippen MR) is 106 cm³/mol. The third-order valence-electron chi connectivity index (χ3n) is 6.33. The first kappa shape index (κ1) is 19.9. The molecule has 1 aromatic rings. The number of hydrogen-bond donors (Lipinski definition) is 0. The Kier molecular flexibility index (Phi) is 5.89. The first-order valence-electron chi connectivity index (χ1n) is 9.99. The minimum absolute atomic E-state index is 0.0310.